The first kappa shape index (κ1) is 11.5. The molecule has 0 saturated carbocycles. The van der Waals surface area contributed by atoms with Crippen LogP contribution in [-0.2, 0) is 9.78 Å². The standard InChI is InChI=1S/C10H18O2/c1-6-7-8-9(2)11-12-10(3,4)5/h1,9H,7-8H2,2-5H3. The molecule has 0 heterocycles. The maximum absolute atomic E-state index is 5.12. The monoisotopic (exact) mass is 170 g/mol. The first-order valence-corrected chi connectivity index (χ1v) is 4.23. The minimum atomic E-state index is -0.246. The van der Waals surface area contributed by atoms with E-state index in [1.54, 1.807) is 0 Å². The van der Waals surface area contributed by atoms with E-state index in [-0.39, 0.29) is 11.7 Å². The molecule has 0 aliphatic heterocycles. The Balaban J connectivity index is 3.45. The highest BCUT2D eigenvalue weighted by Gasteiger charge is 2.13. The number of rotatable bonds is 4. The van der Waals surface area contributed by atoms with Gasteiger partial charge in [-0.05, 0) is 34.1 Å². The highest BCUT2D eigenvalue weighted by Crippen LogP contribution is 2.10. The van der Waals surface area contributed by atoms with Crippen LogP contribution in [0.5, 0.6) is 0 Å². The third-order valence-corrected chi connectivity index (χ3v) is 1.16. The molecule has 0 aliphatic carbocycles. The predicted molar refractivity (Wildman–Crippen MR) is 49.5 cm³/mol. The molecule has 0 spiro atoms. The van der Waals surface area contributed by atoms with Crippen LogP contribution in [0.1, 0.15) is 40.5 Å². The predicted octanol–water partition coefficient (Wildman–Crippen LogP) is 2.54. The van der Waals surface area contributed by atoms with Crippen LogP contribution in [0.3, 0.4) is 0 Å². The summed E-state index contributed by atoms with van der Waals surface area (Å²) in [4.78, 5) is 10.2. The molecule has 0 N–H and O–H groups in total. The summed E-state index contributed by atoms with van der Waals surface area (Å²) in [6, 6.07) is 0. The Morgan fingerprint density at radius 2 is 2.00 bits per heavy atom. The summed E-state index contributed by atoms with van der Waals surface area (Å²) in [5.74, 6) is 2.56. The van der Waals surface area contributed by atoms with E-state index in [2.05, 4.69) is 5.92 Å². The van der Waals surface area contributed by atoms with Crippen molar-refractivity contribution >= 4 is 0 Å². The van der Waals surface area contributed by atoms with Crippen molar-refractivity contribution in [3.05, 3.63) is 0 Å². The lowest BCUT2D eigenvalue weighted by molar-refractivity contribution is -0.370. The van der Waals surface area contributed by atoms with Crippen molar-refractivity contribution in [2.75, 3.05) is 0 Å². The fourth-order valence-corrected chi connectivity index (χ4v) is 0.561. The van der Waals surface area contributed by atoms with Gasteiger partial charge in [0.05, 0.1) is 11.7 Å². The molecule has 70 valence electrons. The van der Waals surface area contributed by atoms with Gasteiger partial charge in [-0.1, -0.05) is 0 Å². The summed E-state index contributed by atoms with van der Waals surface area (Å²) in [5, 5.41) is 0. The third-order valence-electron chi connectivity index (χ3n) is 1.16. The normalized spacial score (nSPS) is 13.9. The van der Waals surface area contributed by atoms with Crippen LogP contribution in [0.4, 0.5) is 0 Å². The molecule has 12 heavy (non-hydrogen) atoms. The molecule has 0 rings (SSSR count). The molecule has 1 atom stereocenters. The Morgan fingerprint density at radius 3 is 2.42 bits per heavy atom. The highest BCUT2D eigenvalue weighted by molar-refractivity contribution is 4.83. The topological polar surface area (TPSA) is 18.5 Å². The molecule has 0 radical (unpaired) electrons. The fraction of sp³-hybridized carbons (Fsp3) is 0.800. The van der Waals surface area contributed by atoms with E-state index < -0.39 is 0 Å². The molecule has 0 aromatic heterocycles. The van der Waals surface area contributed by atoms with Crippen molar-refractivity contribution in [2.24, 2.45) is 0 Å². The van der Waals surface area contributed by atoms with Gasteiger partial charge in [0.25, 0.3) is 0 Å². The summed E-state index contributed by atoms with van der Waals surface area (Å²) < 4.78 is 0. The molecule has 0 saturated heterocycles. The molecule has 1 unspecified atom stereocenters. The Kier molecular flexibility index (Phi) is 4.96. The van der Waals surface area contributed by atoms with E-state index in [9.17, 15) is 0 Å². The third kappa shape index (κ3) is 7.59. The Morgan fingerprint density at radius 1 is 1.42 bits per heavy atom. The number of hydrogen-bond donors (Lipinski definition) is 0. The second-order valence-corrected chi connectivity index (χ2v) is 3.85. The lowest BCUT2D eigenvalue weighted by Crippen LogP contribution is -2.22. The van der Waals surface area contributed by atoms with Crippen LogP contribution in [0.15, 0.2) is 0 Å². The van der Waals surface area contributed by atoms with E-state index in [1.165, 1.54) is 0 Å². The second kappa shape index (κ2) is 5.18. The number of terminal acetylenes is 1. The van der Waals surface area contributed by atoms with Gasteiger partial charge in [-0.25, -0.2) is 9.78 Å². The maximum atomic E-state index is 5.12. The molecule has 0 aliphatic rings. The molecule has 0 fully saturated rings. The minimum Gasteiger partial charge on any atom is -0.233 e. The Hall–Kier alpha value is -0.520. The minimum absolute atomic E-state index is 0.0697. The van der Waals surface area contributed by atoms with E-state index in [0.717, 1.165) is 12.8 Å². The van der Waals surface area contributed by atoms with Crippen molar-refractivity contribution in [3.63, 3.8) is 0 Å². The van der Waals surface area contributed by atoms with E-state index >= 15 is 0 Å². The summed E-state index contributed by atoms with van der Waals surface area (Å²) in [5.41, 5.74) is -0.246. The average molecular weight is 170 g/mol. The van der Waals surface area contributed by atoms with E-state index in [0.29, 0.717) is 0 Å². The quantitative estimate of drug-likeness (QED) is 0.367. The number of hydrogen-bond acceptors (Lipinski definition) is 2. The average Bonchev–Trinajstić information content (AvgIpc) is 1.95. The zero-order valence-corrected chi connectivity index (χ0v) is 8.39. The molecule has 0 aromatic rings. The van der Waals surface area contributed by atoms with Gasteiger partial charge in [-0.3, -0.25) is 0 Å². The summed E-state index contributed by atoms with van der Waals surface area (Å²) in [6.45, 7) is 7.78. The van der Waals surface area contributed by atoms with Crippen LogP contribution in [0, 0.1) is 12.3 Å². The first-order chi connectivity index (χ1) is 5.45. The van der Waals surface area contributed by atoms with Crippen LogP contribution in [0.25, 0.3) is 0 Å². The van der Waals surface area contributed by atoms with Crippen molar-refractivity contribution < 1.29 is 9.78 Å². The lowest BCUT2D eigenvalue weighted by Gasteiger charge is -2.20. The van der Waals surface area contributed by atoms with Crippen molar-refractivity contribution in [1.29, 1.82) is 0 Å². The summed E-state index contributed by atoms with van der Waals surface area (Å²) >= 11 is 0. The SMILES string of the molecule is C#CCCC(C)OOC(C)(C)C. The second-order valence-electron chi connectivity index (χ2n) is 3.85. The zero-order valence-electron chi connectivity index (χ0n) is 8.39. The molecule has 0 amide bonds. The molecule has 2 nitrogen and oxygen atoms in total. The lowest BCUT2D eigenvalue weighted by atomic mass is 10.2. The van der Waals surface area contributed by atoms with E-state index in [1.807, 2.05) is 27.7 Å². The van der Waals surface area contributed by atoms with Crippen molar-refractivity contribution in [3.8, 4) is 12.3 Å². The van der Waals surface area contributed by atoms with Gasteiger partial charge < -0.3 is 0 Å². The van der Waals surface area contributed by atoms with E-state index in [4.69, 9.17) is 16.2 Å². The van der Waals surface area contributed by atoms with Crippen LogP contribution < -0.4 is 0 Å². The van der Waals surface area contributed by atoms with Crippen LogP contribution in [-0.4, -0.2) is 11.7 Å². The highest BCUT2D eigenvalue weighted by atomic mass is 17.2. The molecule has 2 heteroatoms. The molecular formula is C10H18O2. The summed E-state index contributed by atoms with van der Waals surface area (Å²) in [7, 11) is 0. The van der Waals surface area contributed by atoms with Gasteiger partial charge in [0.1, 0.15) is 0 Å². The summed E-state index contributed by atoms with van der Waals surface area (Å²) in [6.07, 6.45) is 6.75. The molecule has 0 bridgehead atoms. The Bertz CT molecular complexity index is 150. The molecular weight excluding hydrogens is 152 g/mol. The van der Waals surface area contributed by atoms with Gasteiger partial charge in [-0.2, -0.15) is 0 Å². The van der Waals surface area contributed by atoms with Crippen LogP contribution >= 0.6 is 0 Å². The maximum Gasteiger partial charge on any atom is 0.0952 e. The van der Waals surface area contributed by atoms with Gasteiger partial charge in [0, 0.05) is 6.42 Å². The smallest absolute Gasteiger partial charge is 0.0952 e. The Labute approximate surface area is 75.2 Å². The largest absolute Gasteiger partial charge is 0.233 e. The van der Waals surface area contributed by atoms with Crippen molar-refractivity contribution in [2.45, 2.75) is 52.2 Å². The van der Waals surface area contributed by atoms with Crippen LogP contribution in [0.2, 0.25) is 0 Å². The zero-order chi connectivity index (χ0) is 9.61. The first-order valence-electron chi connectivity index (χ1n) is 4.23. The molecule has 0 aromatic carbocycles. The fourth-order valence-electron chi connectivity index (χ4n) is 0.561. The van der Waals surface area contributed by atoms with Gasteiger partial charge in [0.2, 0.25) is 0 Å². The van der Waals surface area contributed by atoms with Crippen molar-refractivity contribution in [1.82, 2.24) is 0 Å². The van der Waals surface area contributed by atoms with Gasteiger partial charge in [0.15, 0.2) is 0 Å². The van der Waals surface area contributed by atoms with Gasteiger partial charge in [-0.15, -0.1) is 12.3 Å². The van der Waals surface area contributed by atoms with Gasteiger partial charge >= 0.3 is 0 Å².